The maximum atomic E-state index is 13.5. The molecule has 2 N–H and O–H groups in total. The molecule has 1 heterocycles. The molecule has 2 aromatic rings. The van der Waals surface area contributed by atoms with E-state index in [9.17, 15) is 18.8 Å². The number of ether oxygens (including phenoxy) is 1. The highest BCUT2D eigenvalue weighted by molar-refractivity contribution is 7.12. The number of carbonyl (C=O) groups excluding carboxylic acids is 3. The monoisotopic (exact) mass is 370 g/mol. The molecule has 9 heteroatoms. The molecule has 1 aromatic heterocycles. The molecule has 0 spiro atoms. The molecule has 0 saturated heterocycles. The predicted molar refractivity (Wildman–Crippen MR) is 87.7 cm³/mol. The van der Waals surface area contributed by atoms with Gasteiger partial charge in [-0.25, -0.2) is 4.39 Å². The number of hydrogen-bond acceptors (Lipinski definition) is 5. The van der Waals surface area contributed by atoms with Crippen LogP contribution in [0.4, 0.5) is 10.1 Å². The summed E-state index contributed by atoms with van der Waals surface area (Å²) in [5, 5.41) is 6.53. The van der Waals surface area contributed by atoms with E-state index in [1.165, 1.54) is 23.5 Å². The van der Waals surface area contributed by atoms with Crippen molar-refractivity contribution in [1.29, 1.82) is 0 Å². The number of esters is 1. The zero-order valence-corrected chi connectivity index (χ0v) is 13.7. The number of anilines is 1. The Morgan fingerprint density at radius 1 is 1.25 bits per heavy atom. The molecular weight excluding hydrogens is 359 g/mol. The molecule has 24 heavy (non-hydrogen) atoms. The molecule has 0 aliphatic rings. The lowest BCUT2D eigenvalue weighted by molar-refractivity contribution is -0.146. The van der Waals surface area contributed by atoms with E-state index in [4.69, 9.17) is 16.3 Å². The summed E-state index contributed by atoms with van der Waals surface area (Å²) in [6.07, 6.45) is 0. The van der Waals surface area contributed by atoms with Crippen LogP contribution in [0, 0.1) is 5.82 Å². The van der Waals surface area contributed by atoms with Gasteiger partial charge in [0.15, 0.2) is 6.61 Å². The van der Waals surface area contributed by atoms with E-state index in [1.807, 2.05) is 0 Å². The summed E-state index contributed by atoms with van der Waals surface area (Å²) >= 11 is 6.83. The Labute approximate surface area is 145 Å². The first-order chi connectivity index (χ1) is 11.5. The number of nitrogens with one attached hydrogen (secondary N) is 2. The number of halogens is 2. The average Bonchev–Trinajstić information content (AvgIpc) is 3.08. The van der Waals surface area contributed by atoms with Gasteiger partial charge in [-0.3, -0.25) is 14.4 Å². The van der Waals surface area contributed by atoms with Gasteiger partial charge in [0.2, 0.25) is 0 Å². The normalized spacial score (nSPS) is 10.1. The molecule has 1 aromatic carbocycles. The fraction of sp³-hybridized carbons (Fsp3) is 0.133. The highest BCUT2D eigenvalue weighted by Gasteiger charge is 2.12. The van der Waals surface area contributed by atoms with Crippen molar-refractivity contribution in [1.82, 2.24) is 5.32 Å². The van der Waals surface area contributed by atoms with Gasteiger partial charge in [0.1, 0.15) is 12.4 Å². The van der Waals surface area contributed by atoms with Gasteiger partial charge in [0.25, 0.3) is 11.8 Å². The van der Waals surface area contributed by atoms with Crippen molar-refractivity contribution < 1.29 is 23.5 Å². The van der Waals surface area contributed by atoms with Gasteiger partial charge in [0, 0.05) is 5.02 Å². The zero-order valence-electron chi connectivity index (χ0n) is 12.2. The van der Waals surface area contributed by atoms with Crippen LogP contribution in [-0.2, 0) is 14.3 Å². The Kier molecular flexibility index (Phi) is 6.28. The van der Waals surface area contributed by atoms with Crippen LogP contribution in [0.25, 0.3) is 0 Å². The highest BCUT2D eigenvalue weighted by Crippen LogP contribution is 2.18. The van der Waals surface area contributed by atoms with Crippen LogP contribution < -0.4 is 10.6 Å². The maximum Gasteiger partial charge on any atom is 0.325 e. The van der Waals surface area contributed by atoms with E-state index in [0.29, 0.717) is 4.88 Å². The van der Waals surface area contributed by atoms with Crippen molar-refractivity contribution >= 4 is 46.4 Å². The van der Waals surface area contributed by atoms with Crippen molar-refractivity contribution in [3.8, 4) is 0 Å². The Bertz CT molecular complexity index is 752. The van der Waals surface area contributed by atoms with Gasteiger partial charge in [-0.2, -0.15) is 0 Å². The van der Waals surface area contributed by atoms with Crippen molar-refractivity contribution in [3.05, 3.63) is 51.4 Å². The molecule has 0 unspecified atom stereocenters. The molecule has 0 bridgehead atoms. The molecule has 0 radical (unpaired) electrons. The molecular formula is C15H12ClFN2O4S. The molecule has 0 atom stereocenters. The second kappa shape index (κ2) is 8.42. The number of benzene rings is 1. The number of carbonyl (C=O) groups is 3. The van der Waals surface area contributed by atoms with E-state index in [2.05, 4.69) is 10.6 Å². The number of amides is 2. The van der Waals surface area contributed by atoms with Crippen LogP contribution in [-0.4, -0.2) is 30.9 Å². The fourth-order valence-corrected chi connectivity index (χ4v) is 2.42. The van der Waals surface area contributed by atoms with Crippen molar-refractivity contribution in [2.45, 2.75) is 0 Å². The lowest BCUT2D eigenvalue weighted by atomic mass is 10.3. The average molecular weight is 371 g/mol. The molecule has 126 valence electrons. The van der Waals surface area contributed by atoms with Crippen LogP contribution in [0.5, 0.6) is 0 Å². The van der Waals surface area contributed by atoms with Gasteiger partial charge in [-0.05, 0) is 29.6 Å². The quantitative estimate of drug-likeness (QED) is 0.765. The number of thiophene rings is 1. The summed E-state index contributed by atoms with van der Waals surface area (Å²) in [7, 11) is 0. The third-order valence-corrected chi connectivity index (χ3v) is 3.81. The maximum absolute atomic E-state index is 13.5. The highest BCUT2D eigenvalue weighted by atomic mass is 35.5. The van der Waals surface area contributed by atoms with Crippen LogP contribution >= 0.6 is 22.9 Å². The van der Waals surface area contributed by atoms with E-state index in [1.54, 1.807) is 17.5 Å². The Hall–Kier alpha value is -2.45. The lowest BCUT2D eigenvalue weighted by Gasteiger charge is -2.08. The zero-order chi connectivity index (χ0) is 17.5. The van der Waals surface area contributed by atoms with Crippen molar-refractivity contribution in [2.24, 2.45) is 0 Å². The molecule has 6 nitrogen and oxygen atoms in total. The minimum atomic E-state index is -0.786. The van der Waals surface area contributed by atoms with E-state index in [-0.39, 0.29) is 17.3 Å². The van der Waals surface area contributed by atoms with E-state index >= 15 is 0 Å². The Morgan fingerprint density at radius 2 is 2.04 bits per heavy atom. The number of hydrogen-bond donors (Lipinski definition) is 2. The number of rotatable bonds is 6. The first-order valence-electron chi connectivity index (χ1n) is 6.68. The van der Waals surface area contributed by atoms with Gasteiger partial charge in [-0.1, -0.05) is 17.7 Å². The Balaban J connectivity index is 1.73. The standard InChI is InChI=1S/C15H12ClFN2O4S/c16-9-3-4-11(10(17)6-9)19-13(20)8-23-14(21)7-18-15(22)12-2-1-5-24-12/h1-6H,7-8H2,(H,18,22)(H,19,20). The largest absolute Gasteiger partial charge is 0.454 e. The second-order valence-electron chi connectivity index (χ2n) is 4.49. The lowest BCUT2D eigenvalue weighted by Crippen LogP contribution is -2.31. The molecule has 0 saturated carbocycles. The summed E-state index contributed by atoms with van der Waals surface area (Å²) in [6.45, 7) is -0.977. The topological polar surface area (TPSA) is 84.5 Å². The molecule has 0 aliphatic carbocycles. The molecule has 2 amide bonds. The fourth-order valence-electron chi connectivity index (χ4n) is 1.62. The first kappa shape index (κ1) is 17.9. The second-order valence-corrected chi connectivity index (χ2v) is 5.88. The van der Waals surface area contributed by atoms with Crippen LogP contribution in [0.1, 0.15) is 9.67 Å². The third-order valence-electron chi connectivity index (χ3n) is 2.71. The first-order valence-corrected chi connectivity index (χ1v) is 7.93. The van der Waals surface area contributed by atoms with Crippen LogP contribution in [0.2, 0.25) is 5.02 Å². The van der Waals surface area contributed by atoms with Gasteiger partial charge in [-0.15, -0.1) is 11.3 Å². The van der Waals surface area contributed by atoms with Crippen molar-refractivity contribution in [3.63, 3.8) is 0 Å². The van der Waals surface area contributed by atoms with Crippen LogP contribution in [0.3, 0.4) is 0 Å². The minimum Gasteiger partial charge on any atom is -0.454 e. The molecule has 2 rings (SSSR count). The third kappa shape index (κ3) is 5.32. The van der Waals surface area contributed by atoms with Gasteiger partial charge >= 0.3 is 5.97 Å². The SMILES string of the molecule is O=C(COC(=O)CNC(=O)c1cccs1)Nc1ccc(Cl)cc1F. The van der Waals surface area contributed by atoms with Gasteiger partial charge in [0.05, 0.1) is 10.6 Å². The molecule has 0 aliphatic heterocycles. The summed E-state index contributed by atoms with van der Waals surface area (Å²) in [4.78, 5) is 35.2. The van der Waals surface area contributed by atoms with Crippen molar-refractivity contribution in [2.75, 3.05) is 18.5 Å². The smallest absolute Gasteiger partial charge is 0.325 e. The Morgan fingerprint density at radius 3 is 2.71 bits per heavy atom. The van der Waals surface area contributed by atoms with E-state index in [0.717, 1.165) is 6.07 Å². The van der Waals surface area contributed by atoms with Gasteiger partial charge < -0.3 is 15.4 Å². The summed E-state index contributed by atoms with van der Waals surface area (Å²) in [6, 6.07) is 7.06. The predicted octanol–water partition coefficient (Wildman–Crippen LogP) is 2.45. The summed E-state index contributed by atoms with van der Waals surface area (Å²) < 4.78 is 18.2. The summed E-state index contributed by atoms with van der Waals surface area (Å²) in [5.41, 5.74) is -0.0774. The summed E-state index contributed by atoms with van der Waals surface area (Å²) in [5.74, 6) is -2.61. The minimum absolute atomic E-state index is 0.0774. The molecule has 0 fully saturated rings. The van der Waals surface area contributed by atoms with Crippen LogP contribution in [0.15, 0.2) is 35.7 Å². The van der Waals surface area contributed by atoms with E-state index < -0.39 is 30.2 Å².